The summed E-state index contributed by atoms with van der Waals surface area (Å²) < 4.78 is 89.9. The molecule has 0 saturated heterocycles. The van der Waals surface area contributed by atoms with Crippen LogP contribution in [-0.4, -0.2) is 56.2 Å². The Morgan fingerprint density at radius 1 is 0.950 bits per heavy atom. The van der Waals surface area contributed by atoms with Crippen molar-refractivity contribution in [3.63, 3.8) is 0 Å². The number of alkyl halides is 6. The molecule has 0 unspecified atom stereocenters. The van der Waals surface area contributed by atoms with E-state index >= 15 is 0 Å². The summed E-state index contributed by atoms with van der Waals surface area (Å²) in [5.74, 6) is -1.66. The second-order valence-corrected chi connectivity index (χ2v) is 10.7. The molecule has 0 fully saturated rings. The topological polar surface area (TPSA) is 104 Å². The minimum Gasteiger partial charge on any atom is -0.480 e. The van der Waals surface area contributed by atoms with Gasteiger partial charge in [0.2, 0.25) is 0 Å². The second kappa shape index (κ2) is 11.5. The normalized spacial score (nSPS) is 12.8. The number of carboxylic acid groups (broad SMARTS) is 1. The summed E-state index contributed by atoms with van der Waals surface area (Å²) in [6, 6.07) is 9.69. The van der Waals surface area contributed by atoms with Crippen LogP contribution in [-0.2, 0) is 33.0 Å². The lowest BCUT2D eigenvalue weighted by atomic mass is 9.91. The smallest absolute Gasteiger partial charge is 0.430 e. The number of carbonyl (C=O) groups excluding carboxylic acids is 1. The van der Waals surface area contributed by atoms with E-state index < -0.39 is 40.2 Å². The fourth-order valence-electron chi connectivity index (χ4n) is 3.57. The number of carbonyl (C=O) groups is 2. The van der Waals surface area contributed by atoms with Crippen molar-refractivity contribution >= 4 is 23.7 Å². The minimum atomic E-state index is -5.75. The number of hydrogen-bond acceptors (Lipinski definition) is 7. The number of rotatable bonds is 10. The van der Waals surface area contributed by atoms with Crippen LogP contribution in [0.4, 0.5) is 26.3 Å². The molecule has 40 heavy (non-hydrogen) atoms. The molecule has 1 heterocycles. The Bertz CT molecular complexity index is 1320. The quantitative estimate of drug-likeness (QED) is 0.185. The molecule has 15 heteroatoms. The van der Waals surface area contributed by atoms with E-state index in [0.29, 0.717) is 29.7 Å². The van der Waals surface area contributed by atoms with Gasteiger partial charge < -0.3 is 14.6 Å². The van der Waals surface area contributed by atoms with Gasteiger partial charge in [0.1, 0.15) is 17.0 Å². The molecule has 1 N–H and O–H groups in total. The average Bonchev–Trinajstić information content (AvgIpc) is 3.30. The van der Waals surface area contributed by atoms with E-state index in [9.17, 15) is 41.0 Å². The monoisotopic (exact) mass is 591 g/mol. The molecule has 0 bridgehead atoms. The van der Waals surface area contributed by atoms with E-state index in [-0.39, 0.29) is 24.4 Å². The molecule has 3 rings (SSSR count). The van der Waals surface area contributed by atoms with Gasteiger partial charge in [-0.25, -0.2) is 9.48 Å². The van der Waals surface area contributed by atoms with E-state index in [1.807, 2.05) is 0 Å². The first-order valence-electron chi connectivity index (χ1n) is 11.4. The molecule has 0 radical (unpaired) electrons. The van der Waals surface area contributed by atoms with Gasteiger partial charge in [-0.3, -0.25) is 4.79 Å². The second-order valence-electron chi connectivity index (χ2n) is 9.00. The number of methoxy groups -OCH3 is 1. The van der Waals surface area contributed by atoms with Gasteiger partial charge in [0.25, 0.3) is 5.60 Å². The number of hydrogen-bond donors (Lipinski definition) is 1. The van der Waals surface area contributed by atoms with Crippen LogP contribution in [0.1, 0.15) is 41.0 Å². The highest BCUT2D eigenvalue weighted by Gasteiger charge is 2.72. The number of carboxylic acids is 1. The summed E-state index contributed by atoms with van der Waals surface area (Å²) in [5.41, 5.74) is -4.81. The first-order chi connectivity index (χ1) is 18.5. The van der Waals surface area contributed by atoms with E-state index in [4.69, 9.17) is 4.74 Å². The average molecular weight is 592 g/mol. The van der Waals surface area contributed by atoms with Crippen LogP contribution in [0.3, 0.4) is 0 Å². The Morgan fingerprint density at radius 3 is 2.02 bits per heavy atom. The van der Waals surface area contributed by atoms with Crippen molar-refractivity contribution in [3.05, 3.63) is 77.1 Å². The van der Waals surface area contributed by atoms with Crippen molar-refractivity contribution in [3.8, 4) is 0 Å². The predicted octanol–water partition coefficient (Wildman–Crippen LogP) is 5.61. The SMILES string of the molecule is COC(c1ccc(Cn2cc(COC(=O)c3ccc(SC(C)(C)C(=O)O)cc3)nn2)cc1)(C(F)(F)F)C(F)(F)F. The zero-order chi connectivity index (χ0) is 29.9. The Labute approximate surface area is 228 Å². The fraction of sp³-hybridized carbons (Fsp3) is 0.360. The maximum absolute atomic E-state index is 13.4. The summed E-state index contributed by atoms with van der Waals surface area (Å²) in [5, 5.41) is 16.9. The summed E-state index contributed by atoms with van der Waals surface area (Å²) in [7, 11) is 0.343. The summed E-state index contributed by atoms with van der Waals surface area (Å²) in [6.45, 7) is 2.81. The van der Waals surface area contributed by atoms with Gasteiger partial charge in [-0.05, 0) is 43.7 Å². The maximum atomic E-state index is 13.4. The Balaban J connectivity index is 1.62. The highest BCUT2D eigenvalue weighted by atomic mass is 32.2. The molecule has 0 aliphatic carbocycles. The van der Waals surface area contributed by atoms with Gasteiger partial charge in [0.05, 0.1) is 18.3 Å². The van der Waals surface area contributed by atoms with E-state index in [0.717, 1.165) is 23.9 Å². The standard InChI is InChI=1S/C25H23F6N3O5S/c1-22(2,21(36)37)40-19-10-6-16(7-11-19)20(35)39-14-18-13-34(33-32-18)12-15-4-8-17(9-5-15)23(38-3,24(26,27)28)25(29,30)31/h4-11,13H,12,14H2,1-3H3,(H,36,37). The third-order valence-electron chi connectivity index (χ3n) is 5.72. The van der Waals surface area contributed by atoms with E-state index in [2.05, 4.69) is 15.0 Å². The third kappa shape index (κ3) is 6.58. The predicted molar refractivity (Wildman–Crippen MR) is 129 cm³/mol. The zero-order valence-electron chi connectivity index (χ0n) is 21.2. The van der Waals surface area contributed by atoms with E-state index in [1.54, 1.807) is 26.0 Å². The lowest BCUT2D eigenvalue weighted by molar-refractivity contribution is -0.383. The minimum absolute atomic E-state index is 0.0366. The molecule has 2 aromatic carbocycles. The first-order valence-corrected chi connectivity index (χ1v) is 12.2. The first kappa shape index (κ1) is 30.9. The van der Waals surface area contributed by atoms with Crippen molar-refractivity contribution in [2.45, 2.75) is 54.6 Å². The van der Waals surface area contributed by atoms with Crippen LogP contribution in [0.25, 0.3) is 0 Å². The molecule has 0 saturated carbocycles. The van der Waals surface area contributed by atoms with E-state index in [1.165, 1.54) is 23.0 Å². The van der Waals surface area contributed by atoms with Crippen molar-refractivity contribution in [2.75, 3.05) is 7.11 Å². The highest BCUT2D eigenvalue weighted by molar-refractivity contribution is 8.01. The van der Waals surface area contributed by atoms with Crippen molar-refractivity contribution in [1.29, 1.82) is 0 Å². The van der Waals surface area contributed by atoms with Crippen molar-refractivity contribution < 1.29 is 50.5 Å². The maximum Gasteiger partial charge on any atom is 0.430 e. The van der Waals surface area contributed by atoms with Crippen molar-refractivity contribution in [1.82, 2.24) is 15.0 Å². The lowest BCUT2D eigenvalue weighted by Gasteiger charge is -2.36. The molecule has 1 aromatic heterocycles. The number of thioether (sulfide) groups is 1. The van der Waals surface area contributed by atoms with Crippen molar-refractivity contribution in [2.24, 2.45) is 0 Å². The highest BCUT2D eigenvalue weighted by Crippen LogP contribution is 2.52. The number of ether oxygens (including phenoxy) is 2. The molecule has 0 amide bonds. The van der Waals surface area contributed by atoms with Gasteiger partial charge in [-0.1, -0.05) is 29.5 Å². The largest absolute Gasteiger partial charge is 0.480 e. The Morgan fingerprint density at radius 2 is 1.52 bits per heavy atom. The van der Waals surface area contributed by atoms with Crippen LogP contribution >= 0.6 is 11.8 Å². The summed E-state index contributed by atoms with van der Waals surface area (Å²) >= 11 is 1.11. The van der Waals surface area contributed by atoms with Gasteiger partial charge in [0, 0.05) is 17.6 Å². The molecule has 0 aliphatic heterocycles. The molecule has 0 spiro atoms. The third-order valence-corrected chi connectivity index (χ3v) is 6.92. The molecule has 3 aromatic rings. The zero-order valence-corrected chi connectivity index (χ0v) is 22.0. The van der Waals surface area contributed by atoms with Gasteiger partial charge in [-0.2, -0.15) is 26.3 Å². The van der Waals surface area contributed by atoms with Crippen LogP contribution in [0, 0.1) is 0 Å². The summed E-state index contributed by atoms with van der Waals surface area (Å²) in [4.78, 5) is 24.3. The van der Waals surface area contributed by atoms with Crippen LogP contribution in [0.5, 0.6) is 0 Å². The van der Waals surface area contributed by atoms with Crippen LogP contribution in [0.15, 0.2) is 59.6 Å². The Kier molecular flexibility index (Phi) is 8.89. The molecule has 216 valence electrons. The number of benzene rings is 2. The number of nitrogens with zero attached hydrogens (tertiary/aromatic N) is 3. The molecule has 0 atom stereocenters. The Hall–Kier alpha value is -3.59. The number of halogens is 6. The summed E-state index contributed by atoms with van der Waals surface area (Å²) in [6.07, 6.45) is -10.1. The van der Waals surface area contributed by atoms with Crippen LogP contribution in [0.2, 0.25) is 0 Å². The molecule has 8 nitrogen and oxygen atoms in total. The number of esters is 1. The van der Waals surface area contributed by atoms with Gasteiger partial charge in [0.15, 0.2) is 0 Å². The molecule has 0 aliphatic rings. The fourth-order valence-corrected chi connectivity index (χ4v) is 4.52. The molecular formula is C25H23F6N3O5S. The van der Waals surface area contributed by atoms with Gasteiger partial charge >= 0.3 is 24.3 Å². The van der Waals surface area contributed by atoms with Crippen LogP contribution < -0.4 is 0 Å². The number of aromatic nitrogens is 3. The number of aliphatic carboxylic acids is 1. The molecular weight excluding hydrogens is 568 g/mol. The van der Waals surface area contributed by atoms with Gasteiger partial charge in [-0.15, -0.1) is 16.9 Å². The lowest BCUT2D eigenvalue weighted by Crippen LogP contribution is -2.55.